The molecule has 0 spiro atoms. The summed E-state index contributed by atoms with van der Waals surface area (Å²) in [5.74, 6) is 0.0830. The summed E-state index contributed by atoms with van der Waals surface area (Å²) in [5, 5.41) is 13.0. The topological polar surface area (TPSA) is 108 Å². The minimum Gasteiger partial charge on any atom is -0.465 e. The first-order valence-corrected chi connectivity index (χ1v) is 14.7. The minimum atomic E-state index is -0.971. The van der Waals surface area contributed by atoms with Crippen molar-refractivity contribution < 1.29 is 19.5 Å². The normalized spacial score (nSPS) is 22.8. The summed E-state index contributed by atoms with van der Waals surface area (Å²) >= 11 is 0. The summed E-state index contributed by atoms with van der Waals surface area (Å²) in [6.07, 6.45) is 7.16. The maximum Gasteiger partial charge on any atom is 0.407 e. The summed E-state index contributed by atoms with van der Waals surface area (Å²) in [7, 11) is 0. The molecule has 41 heavy (non-hydrogen) atoms. The molecule has 1 saturated heterocycles. The molecule has 214 valence electrons. The van der Waals surface area contributed by atoms with Gasteiger partial charge in [-0.1, -0.05) is 73.5 Å². The second kappa shape index (κ2) is 11.8. The molecule has 1 aliphatic heterocycles. The molecule has 0 bridgehead atoms. The Morgan fingerprint density at radius 3 is 2.32 bits per heavy atom. The highest BCUT2D eigenvalue weighted by atomic mass is 16.4. The van der Waals surface area contributed by atoms with Crippen LogP contribution in [-0.2, 0) is 11.2 Å². The summed E-state index contributed by atoms with van der Waals surface area (Å²) in [6, 6.07) is 19.4. The maximum atomic E-state index is 14.3. The Bertz CT molecular complexity index is 1390. The van der Waals surface area contributed by atoms with Crippen LogP contribution in [0.15, 0.2) is 67.0 Å². The number of nitrogens with zero attached hydrogens (tertiary/aromatic N) is 4. The van der Waals surface area contributed by atoms with Crippen LogP contribution in [0.4, 0.5) is 4.79 Å². The monoisotopic (exact) mass is 555 g/mol. The summed E-state index contributed by atoms with van der Waals surface area (Å²) in [6.45, 7) is 0.800. The fourth-order valence-corrected chi connectivity index (χ4v) is 6.40. The summed E-state index contributed by atoms with van der Waals surface area (Å²) in [5.41, 5.74) is 3.07. The molecular weight excluding hydrogens is 518 g/mol. The third-order valence-corrected chi connectivity index (χ3v) is 8.73. The van der Waals surface area contributed by atoms with Crippen LogP contribution in [0.2, 0.25) is 0 Å². The van der Waals surface area contributed by atoms with Gasteiger partial charge in [0.15, 0.2) is 5.69 Å². The third kappa shape index (κ3) is 5.85. The smallest absolute Gasteiger partial charge is 0.407 e. The lowest BCUT2D eigenvalue weighted by Crippen LogP contribution is -2.57. The van der Waals surface area contributed by atoms with E-state index in [-0.39, 0.29) is 48.9 Å². The van der Waals surface area contributed by atoms with Gasteiger partial charge in [-0.25, -0.2) is 9.78 Å². The van der Waals surface area contributed by atoms with Gasteiger partial charge in [0.25, 0.3) is 5.91 Å². The van der Waals surface area contributed by atoms with Crippen LogP contribution < -0.4 is 5.32 Å². The van der Waals surface area contributed by atoms with Crippen molar-refractivity contribution in [1.82, 2.24) is 24.7 Å². The average Bonchev–Trinajstić information content (AvgIpc) is 3.77. The fraction of sp³-hybridized carbons (Fsp3) is 0.438. The average molecular weight is 556 g/mol. The van der Waals surface area contributed by atoms with E-state index in [0.29, 0.717) is 18.7 Å². The number of amides is 3. The van der Waals surface area contributed by atoms with Crippen LogP contribution >= 0.6 is 0 Å². The first-order valence-electron chi connectivity index (χ1n) is 14.7. The fourth-order valence-electron chi connectivity index (χ4n) is 6.40. The number of rotatable bonds is 7. The molecule has 3 fully saturated rings. The second-order valence-corrected chi connectivity index (χ2v) is 11.5. The lowest BCUT2D eigenvalue weighted by molar-refractivity contribution is -0.123. The number of carboxylic acid groups (broad SMARTS) is 1. The highest BCUT2D eigenvalue weighted by Crippen LogP contribution is 2.36. The predicted octanol–water partition coefficient (Wildman–Crippen LogP) is 4.61. The van der Waals surface area contributed by atoms with Crippen molar-refractivity contribution in [2.24, 2.45) is 5.92 Å². The van der Waals surface area contributed by atoms with Crippen LogP contribution in [0, 0.1) is 5.92 Å². The number of carbonyl (C=O) groups is 3. The van der Waals surface area contributed by atoms with Gasteiger partial charge in [0.05, 0.1) is 24.1 Å². The molecule has 3 atom stereocenters. The number of benzene rings is 2. The zero-order chi connectivity index (χ0) is 28.3. The van der Waals surface area contributed by atoms with Crippen molar-refractivity contribution in [3.63, 3.8) is 0 Å². The van der Waals surface area contributed by atoms with Crippen molar-refractivity contribution in [3.05, 3.63) is 78.2 Å². The molecule has 2 aromatic carbocycles. The number of piperazine rings is 1. The number of imidazole rings is 1. The quantitative estimate of drug-likeness (QED) is 0.443. The molecule has 6 rings (SSSR count). The van der Waals surface area contributed by atoms with E-state index in [4.69, 9.17) is 4.98 Å². The van der Waals surface area contributed by atoms with Gasteiger partial charge in [0.2, 0.25) is 5.91 Å². The lowest BCUT2D eigenvalue weighted by atomic mass is 9.89. The number of carbonyl (C=O) groups excluding carboxylic acids is 2. The van der Waals surface area contributed by atoms with Crippen molar-refractivity contribution in [2.75, 3.05) is 19.6 Å². The number of hydrogen-bond acceptors (Lipinski definition) is 4. The van der Waals surface area contributed by atoms with Gasteiger partial charge in [-0.15, -0.1) is 0 Å². The van der Waals surface area contributed by atoms with Crippen molar-refractivity contribution in [3.8, 4) is 11.3 Å². The molecule has 9 nitrogen and oxygen atoms in total. The van der Waals surface area contributed by atoms with Crippen molar-refractivity contribution >= 4 is 17.9 Å². The molecule has 0 unspecified atom stereocenters. The Hall–Kier alpha value is -4.14. The van der Waals surface area contributed by atoms with E-state index in [9.17, 15) is 19.5 Å². The van der Waals surface area contributed by atoms with Crippen LogP contribution in [0.5, 0.6) is 0 Å². The minimum absolute atomic E-state index is 0.000297. The molecule has 3 aromatic rings. The van der Waals surface area contributed by atoms with Gasteiger partial charge in [-0.05, 0) is 37.7 Å². The number of aromatic nitrogens is 2. The Morgan fingerprint density at radius 1 is 0.902 bits per heavy atom. The van der Waals surface area contributed by atoms with Gasteiger partial charge in [-0.2, -0.15) is 0 Å². The molecule has 2 heterocycles. The van der Waals surface area contributed by atoms with E-state index in [1.807, 2.05) is 60.7 Å². The zero-order valence-corrected chi connectivity index (χ0v) is 23.2. The highest BCUT2D eigenvalue weighted by Gasteiger charge is 2.38. The third-order valence-electron chi connectivity index (χ3n) is 8.73. The first-order chi connectivity index (χ1) is 20.0. The van der Waals surface area contributed by atoms with Crippen LogP contribution in [-0.4, -0.2) is 74.1 Å². The molecule has 2 N–H and O–H groups in total. The predicted molar refractivity (Wildman–Crippen MR) is 154 cm³/mol. The molecular formula is C32H37N5O4. The van der Waals surface area contributed by atoms with E-state index in [2.05, 4.69) is 9.88 Å². The first kappa shape index (κ1) is 27.1. The number of nitrogens with one attached hydrogen (secondary N) is 1. The van der Waals surface area contributed by atoms with Gasteiger partial charge in [-0.3, -0.25) is 9.59 Å². The number of hydrogen-bond donors (Lipinski definition) is 2. The van der Waals surface area contributed by atoms with E-state index in [1.54, 1.807) is 11.2 Å². The molecule has 2 aliphatic carbocycles. The Morgan fingerprint density at radius 2 is 1.61 bits per heavy atom. The van der Waals surface area contributed by atoms with Crippen LogP contribution in [0.3, 0.4) is 0 Å². The standard InChI is InChI=1S/C32H37N5O4/c38-30(24-15-16-24)34-26-13-7-8-14-27(26)37-21-33-28(29(37)23-11-5-2-6-12-23)31(39)36-18-17-35(32(40)41)20-25(36)19-22-9-3-1-4-10-22/h1-6,9-12,21,24-27H,7-8,13-20H2,(H,34,38)(H,40,41)/t25-,26-,27+/m1/s1. The molecule has 1 aromatic heterocycles. The van der Waals surface area contributed by atoms with Crippen LogP contribution in [0.25, 0.3) is 11.3 Å². The Labute approximate surface area is 240 Å². The summed E-state index contributed by atoms with van der Waals surface area (Å²) < 4.78 is 2.11. The molecule has 0 radical (unpaired) electrons. The Balaban J connectivity index is 1.35. The van der Waals surface area contributed by atoms with Crippen LogP contribution in [0.1, 0.15) is 60.6 Å². The van der Waals surface area contributed by atoms with E-state index in [0.717, 1.165) is 55.3 Å². The molecule has 3 amide bonds. The highest BCUT2D eigenvalue weighted by molar-refractivity contribution is 5.98. The van der Waals surface area contributed by atoms with Crippen molar-refractivity contribution in [1.29, 1.82) is 0 Å². The largest absolute Gasteiger partial charge is 0.465 e. The Kier molecular flexibility index (Phi) is 7.76. The second-order valence-electron chi connectivity index (χ2n) is 11.5. The molecule has 3 aliphatic rings. The van der Waals surface area contributed by atoms with E-state index in [1.165, 1.54) is 4.90 Å². The maximum absolute atomic E-state index is 14.3. The van der Waals surface area contributed by atoms with E-state index < -0.39 is 6.09 Å². The zero-order valence-electron chi connectivity index (χ0n) is 23.2. The molecule has 2 saturated carbocycles. The van der Waals surface area contributed by atoms with Gasteiger partial charge >= 0.3 is 6.09 Å². The SMILES string of the molecule is O=C(N[C@@H]1CCCC[C@@H]1n1cnc(C(=O)N2CCN(C(=O)O)C[C@H]2Cc2ccccc2)c1-c1ccccc1)C1CC1. The van der Waals surface area contributed by atoms with Gasteiger partial charge in [0, 0.05) is 37.2 Å². The lowest BCUT2D eigenvalue weighted by Gasteiger charge is -2.40. The van der Waals surface area contributed by atoms with E-state index >= 15 is 0 Å². The van der Waals surface area contributed by atoms with Crippen molar-refractivity contribution in [2.45, 2.75) is 63.1 Å². The molecule has 9 heteroatoms. The van der Waals surface area contributed by atoms with Gasteiger partial charge in [0.1, 0.15) is 0 Å². The van der Waals surface area contributed by atoms with Gasteiger partial charge < -0.3 is 24.8 Å². The summed E-state index contributed by atoms with van der Waals surface area (Å²) in [4.78, 5) is 46.9.